The van der Waals surface area contributed by atoms with Crippen LogP contribution in [0.15, 0.2) is 18.7 Å². The Balaban J connectivity index is 3.32. The first kappa shape index (κ1) is 12.7. The highest BCUT2D eigenvalue weighted by atomic mass is 32.2. The summed E-state index contributed by atoms with van der Waals surface area (Å²) in [5.74, 6) is -0.584. The average Bonchev–Trinajstić information content (AvgIpc) is 2.19. The maximum absolute atomic E-state index is 13.6. The summed E-state index contributed by atoms with van der Waals surface area (Å²) < 4.78 is 37.9. The largest absolute Gasteiger partial charge is 0.280 e. The number of hydrogen-bond donors (Lipinski definition) is 1. The molecule has 0 heterocycles. The van der Waals surface area contributed by atoms with Gasteiger partial charge in [0.2, 0.25) is 10.0 Å². The number of halogens is 1. The number of anilines is 1. The third-order valence-electron chi connectivity index (χ3n) is 2.10. The molecule has 0 fully saturated rings. The number of nitrogens with one attached hydrogen (secondary N) is 1. The van der Waals surface area contributed by atoms with Crippen molar-refractivity contribution in [3.63, 3.8) is 0 Å². The van der Waals surface area contributed by atoms with Crippen LogP contribution in [-0.2, 0) is 16.4 Å². The van der Waals surface area contributed by atoms with Gasteiger partial charge in [-0.3, -0.25) is 4.72 Å². The van der Waals surface area contributed by atoms with Gasteiger partial charge >= 0.3 is 0 Å². The van der Waals surface area contributed by atoms with Gasteiger partial charge in [0, 0.05) is 5.56 Å². The Morgan fingerprint density at radius 2 is 2.12 bits per heavy atom. The molecule has 16 heavy (non-hydrogen) atoms. The highest BCUT2D eigenvalue weighted by Gasteiger charge is 2.12. The Labute approximate surface area is 95.0 Å². The molecule has 0 atom stereocenters. The number of rotatable bonds is 4. The van der Waals surface area contributed by atoms with Crippen molar-refractivity contribution in [2.75, 3.05) is 11.0 Å². The number of aryl methyl sites for hydroxylation is 1. The van der Waals surface area contributed by atoms with Crippen molar-refractivity contribution >= 4 is 21.8 Å². The summed E-state index contributed by atoms with van der Waals surface area (Å²) in [5.41, 5.74) is 1.20. The lowest BCUT2D eigenvalue weighted by atomic mass is 10.1. The molecule has 88 valence electrons. The zero-order valence-electron chi connectivity index (χ0n) is 9.25. The molecule has 1 aromatic carbocycles. The van der Waals surface area contributed by atoms with Gasteiger partial charge in [-0.25, -0.2) is 12.8 Å². The molecule has 1 aromatic rings. The van der Waals surface area contributed by atoms with E-state index in [9.17, 15) is 12.8 Å². The van der Waals surface area contributed by atoms with E-state index in [0.717, 1.165) is 11.8 Å². The van der Waals surface area contributed by atoms with E-state index in [0.29, 0.717) is 12.0 Å². The van der Waals surface area contributed by atoms with Crippen LogP contribution in [0.4, 0.5) is 10.1 Å². The zero-order valence-corrected chi connectivity index (χ0v) is 10.1. The standard InChI is InChI=1S/C11H14FNO2S/c1-4-8-6-9(5-2)11(10(12)7-8)13-16(3,14)15/h5-7,13H,2,4H2,1,3H3. The highest BCUT2D eigenvalue weighted by molar-refractivity contribution is 7.92. The fourth-order valence-electron chi connectivity index (χ4n) is 1.34. The Bertz CT molecular complexity index is 509. The summed E-state index contributed by atoms with van der Waals surface area (Å²) in [6.45, 7) is 5.43. The summed E-state index contributed by atoms with van der Waals surface area (Å²) >= 11 is 0. The van der Waals surface area contributed by atoms with Crippen LogP contribution in [0, 0.1) is 5.82 Å². The minimum absolute atomic E-state index is 0.0466. The predicted octanol–water partition coefficient (Wildman–Crippen LogP) is 2.40. The van der Waals surface area contributed by atoms with Gasteiger partial charge in [0.05, 0.1) is 11.9 Å². The van der Waals surface area contributed by atoms with Crippen LogP contribution >= 0.6 is 0 Å². The smallest absolute Gasteiger partial charge is 0.229 e. The van der Waals surface area contributed by atoms with Crippen molar-refractivity contribution in [3.8, 4) is 0 Å². The average molecular weight is 243 g/mol. The first-order valence-corrected chi connectivity index (χ1v) is 6.69. The molecule has 0 unspecified atom stereocenters. The van der Waals surface area contributed by atoms with Crippen LogP contribution < -0.4 is 4.72 Å². The molecule has 5 heteroatoms. The van der Waals surface area contributed by atoms with Gasteiger partial charge in [-0.2, -0.15) is 0 Å². The summed E-state index contributed by atoms with van der Waals surface area (Å²) in [6.07, 6.45) is 3.08. The van der Waals surface area contributed by atoms with Crippen molar-refractivity contribution in [2.45, 2.75) is 13.3 Å². The van der Waals surface area contributed by atoms with Gasteiger partial charge in [0.25, 0.3) is 0 Å². The fourth-order valence-corrected chi connectivity index (χ4v) is 1.93. The van der Waals surface area contributed by atoms with E-state index in [-0.39, 0.29) is 5.69 Å². The van der Waals surface area contributed by atoms with Gasteiger partial charge in [0.15, 0.2) is 0 Å². The Morgan fingerprint density at radius 3 is 2.56 bits per heavy atom. The van der Waals surface area contributed by atoms with Crippen molar-refractivity contribution in [2.24, 2.45) is 0 Å². The fraction of sp³-hybridized carbons (Fsp3) is 0.273. The lowest BCUT2D eigenvalue weighted by Gasteiger charge is -2.10. The van der Waals surface area contributed by atoms with E-state index in [2.05, 4.69) is 11.3 Å². The van der Waals surface area contributed by atoms with Gasteiger partial charge < -0.3 is 0 Å². The molecule has 0 amide bonds. The van der Waals surface area contributed by atoms with E-state index in [4.69, 9.17) is 0 Å². The Morgan fingerprint density at radius 1 is 1.50 bits per heavy atom. The van der Waals surface area contributed by atoms with Crippen LogP contribution in [0.1, 0.15) is 18.1 Å². The quantitative estimate of drug-likeness (QED) is 0.882. The van der Waals surface area contributed by atoms with Gasteiger partial charge in [-0.15, -0.1) is 0 Å². The van der Waals surface area contributed by atoms with Crippen LogP contribution in [0.25, 0.3) is 6.08 Å². The molecule has 0 aromatic heterocycles. The van der Waals surface area contributed by atoms with Gasteiger partial charge in [-0.1, -0.05) is 19.6 Å². The van der Waals surface area contributed by atoms with Crippen LogP contribution in [-0.4, -0.2) is 14.7 Å². The van der Waals surface area contributed by atoms with Crippen LogP contribution in [0.3, 0.4) is 0 Å². The van der Waals surface area contributed by atoms with Crippen LogP contribution in [0.5, 0.6) is 0 Å². The molecule has 1 N–H and O–H groups in total. The lowest BCUT2D eigenvalue weighted by Crippen LogP contribution is -2.12. The summed E-state index contributed by atoms with van der Waals surface area (Å²) in [7, 11) is -3.49. The van der Waals surface area contributed by atoms with E-state index < -0.39 is 15.8 Å². The number of sulfonamides is 1. The molecule has 0 bridgehead atoms. The minimum atomic E-state index is -3.49. The Kier molecular flexibility index (Phi) is 3.70. The first-order chi connectivity index (χ1) is 7.37. The minimum Gasteiger partial charge on any atom is -0.280 e. The molecule has 0 radical (unpaired) electrons. The lowest BCUT2D eigenvalue weighted by molar-refractivity contribution is 0.603. The maximum atomic E-state index is 13.6. The molecule has 0 spiro atoms. The topological polar surface area (TPSA) is 46.2 Å². The molecule has 0 aliphatic rings. The van der Waals surface area contributed by atoms with E-state index in [1.165, 1.54) is 12.1 Å². The SMILES string of the molecule is C=Cc1cc(CC)cc(F)c1NS(C)(=O)=O. The monoisotopic (exact) mass is 243 g/mol. The van der Waals surface area contributed by atoms with Crippen molar-refractivity contribution in [3.05, 3.63) is 35.7 Å². The van der Waals surface area contributed by atoms with Gasteiger partial charge in [0.1, 0.15) is 5.82 Å². The van der Waals surface area contributed by atoms with Crippen LogP contribution in [0.2, 0.25) is 0 Å². The third-order valence-corrected chi connectivity index (χ3v) is 2.67. The zero-order chi connectivity index (χ0) is 12.3. The molecule has 0 aliphatic heterocycles. The van der Waals surface area contributed by atoms with E-state index >= 15 is 0 Å². The van der Waals surface area contributed by atoms with Crippen molar-refractivity contribution in [1.29, 1.82) is 0 Å². The molecular weight excluding hydrogens is 229 g/mol. The Hall–Kier alpha value is -1.36. The maximum Gasteiger partial charge on any atom is 0.229 e. The number of benzene rings is 1. The predicted molar refractivity (Wildman–Crippen MR) is 64.3 cm³/mol. The second-order valence-electron chi connectivity index (χ2n) is 3.47. The highest BCUT2D eigenvalue weighted by Crippen LogP contribution is 2.24. The number of hydrogen-bond acceptors (Lipinski definition) is 2. The molecule has 0 saturated heterocycles. The second-order valence-corrected chi connectivity index (χ2v) is 5.22. The molecule has 1 rings (SSSR count). The molecule has 0 saturated carbocycles. The van der Waals surface area contributed by atoms with Crippen molar-refractivity contribution in [1.82, 2.24) is 0 Å². The summed E-state index contributed by atoms with van der Waals surface area (Å²) in [4.78, 5) is 0. The molecule has 3 nitrogen and oxygen atoms in total. The second kappa shape index (κ2) is 4.65. The molecule has 0 aliphatic carbocycles. The first-order valence-electron chi connectivity index (χ1n) is 4.80. The summed E-state index contributed by atoms with van der Waals surface area (Å²) in [5, 5.41) is 0. The normalized spacial score (nSPS) is 11.2. The van der Waals surface area contributed by atoms with Gasteiger partial charge in [-0.05, 0) is 24.1 Å². The van der Waals surface area contributed by atoms with Crippen molar-refractivity contribution < 1.29 is 12.8 Å². The third kappa shape index (κ3) is 3.06. The van der Waals surface area contributed by atoms with E-state index in [1.807, 2.05) is 6.92 Å². The van der Waals surface area contributed by atoms with E-state index in [1.54, 1.807) is 6.07 Å². The summed E-state index contributed by atoms with van der Waals surface area (Å²) in [6, 6.07) is 3.03. The molecular formula is C11H14FNO2S.